The summed E-state index contributed by atoms with van der Waals surface area (Å²) in [5, 5.41) is 4.37. The lowest BCUT2D eigenvalue weighted by Crippen LogP contribution is -2.45. The molecule has 1 aromatic carbocycles. The van der Waals surface area contributed by atoms with Gasteiger partial charge in [0.25, 0.3) is 5.91 Å². The molecular formula is C23H24ClN3O4S2. The molecule has 174 valence electrons. The van der Waals surface area contributed by atoms with E-state index in [-0.39, 0.29) is 17.1 Å². The molecule has 0 N–H and O–H groups in total. The Morgan fingerprint density at radius 2 is 2.15 bits per heavy atom. The molecule has 1 atom stereocenters. The zero-order chi connectivity index (χ0) is 23.4. The second-order valence-corrected chi connectivity index (χ2v) is 9.75. The number of rotatable bonds is 6. The molecule has 1 aromatic heterocycles. The first-order chi connectivity index (χ1) is 16.0. The highest BCUT2D eigenvalue weighted by Gasteiger charge is 2.36. The smallest absolute Gasteiger partial charge is 0.283 e. The Morgan fingerprint density at radius 1 is 1.36 bits per heavy atom. The minimum atomic E-state index is -0.369. The molecule has 33 heavy (non-hydrogen) atoms. The number of hydrogen-bond acceptors (Lipinski definition) is 7. The third-order valence-corrected chi connectivity index (χ3v) is 7.59. The number of thioether (sulfide) groups is 1. The van der Waals surface area contributed by atoms with Gasteiger partial charge in [-0.25, -0.2) is 4.99 Å². The number of anilines is 1. The normalized spacial score (nSPS) is 18.6. The van der Waals surface area contributed by atoms with Crippen LogP contribution in [0, 0.1) is 0 Å². The summed E-state index contributed by atoms with van der Waals surface area (Å²) in [6, 6.07) is 7.07. The molecule has 2 aliphatic heterocycles. The lowest BCUT2D eigenvalue weighted by Gasteiger charge is -2.30. The molecule has 1 unspecified atom stereocenters. The van der Waals surface area contributed by atoms with Crippen molar-refractivity contribution in [3.63, 3.8) is 0 Å². The lowest BCUT2D eigenvalue weighted by molar-refractivity contribution is -0.134. The SMILES string of the molecule is CCC(SC1=NC(=Cc2ccsc2)C(=O)N1c1ccc(OC)c(Cl)c1)C(=O)N1CCOCC1. The van der Waals surface area contributed by atoms with Gasteiger partial charge in [-0.3, -0.25) is 14.5 Å². The number of thiophene rings is 1. The molecule has 2 aliphatic rings. The molecule has 1 saturated heterocycles. The Bertz CT molecular complexity index is 1080. The molecule has 0 spiro atoms. The topological polar surface area (TPSA) is 71.4 Å². The molecule has 10 heteroatoms. The highest BCUT2D eigenvalue weighted by atomic mass is 35.5. The number of carbonyl (C=O) groups excluding carboxylic acids is 2. The van der Waals surface area contributed by atoms with Gasteiger partial charge in [-0.05, 0) is 53.1 Å². The van der Waals surface area contributed by atoms with E-state index in [0.29, 0.717) is 60.0 Å². The Hall–Kier alpha value is -2.33. The van der Waals surface area contributed by atoms with E-state index in [1.54, 1.807) is 35.6 Å². The summed E-state index contributed by atoms with van der Waals surface area (Å²) >= 11 is 9.20. The molecule has 2 aromatic rings. The van der Waals surface area contributed by atoms with E-state index in [9.17, 15) is 9.59 Å². The highest BCUT2D eigenvalue weighted by molar-refractivity contribution is 8.15. The fraction of sp³-hybridized carbons (Fsp3) is 0.348. The average Bonchev–Trinajstić information content (AvgIpc) is 3.45. The number of halogens is 1. The second kappa shape index (κ2) is 10.7. The van der Waals surface area contributed by atoms with E-state index in [4.69, 9.17) is 21.1 Å². The average molecular weight is 506 g/mol. The molecular weight excluding hydrogens is 482 g/mol. The van der Waals surface area contributed by atoms with E-state index >= 15 is 0 Å². The Kier molecular flexibility index (Phi) is 7.75. The Labute approximate surface area is 206 Å². The number of ether oxygens (including phenoxy) is 2. The maximum absolute atomic E-state index is 13.4. The van der Waals surface area contributed by atoms with Gasteiger partial charge in [-0.2, -0.15) is 11.3 Å². The van der Waals surface area contributed by atoms with Gasteiger partial charge in [-0.15, -0.1) is 0 Å². The van der Waals surface area contributed by atoms with E-state index < -0.39 is 0 Å². The van der Waals surface area contributed by atoms with E-state index in [2.05, 4.69) is 4.99 Å². The minimum Gasteiger partial charge on any atom is -0.495 e. The summed E-state index contributed by atoms with van der Waals surface area (Å²) < 4.78 is 10.6. The number of amides is 2. The molecule has 3 heterocycles. The van der Waals surface area contributed by atoms with Gasteiger partial charge in [0.15, 0.2) is 5.17 Å². The lowest BCUT2D eigenvalue weighted by atomic mass is 10.2. The first kappa shape index (κ1) is 23.8. The zero-order valence-corrected chi connectivity index (χ0v) is 20.7. The monoisotopic (exact) mass is 505 g/mol. The van der Waals surface area contributed by atoms with Crippen LogP contribution in [0.1, 0.15) is 18.9 Å². The van der Waals surface area contributed by atoms with Gasteiger partial charge in [-0.1, -0.05) is 30.3 Å². The van der Waals surface area contributed by atoms with Crippen LogP contribution in [0.4, 0.5) is 5.69 Å². The first-order valence-corrected chi connectivity index (χ1v) is 12.8. The van der Waals surface area contributed by atoms with Gasteiger partial charge in [0.1, 0.15) is 11.4 Å². The fourth-order valence-corrected chi connectivity index (χ4v) is 5.52. The summed E-state index contributed by atoms with van der Waals surface area (Å²) in [6.07, 6.45) is 2.37. The van der Waals surface area contributed by atoms with Crippen molar-refractivity contribution in [2.45, 2.75) is 18.6 Å². The quantitative estimate of drug-likeness (QED) is 0.539. The van der Waals surface area contributed by atoms with Crippen LogP contribution in [0.25, 0.3) is 6.08 Å². The number of carbonyl (C=O) groups is 2. The van der Waals surface area contributed by atoms with Crippen LogP contribution in [0.15, 0.2) is 45.7 Å². The van der Waals surface area contributed by atoms with Crippen molar-refractivity contribution in [3.8, 4) is 5.75 Å². The van der Waals surface area contributed by atoms with Crippen LogP contribution >= 0.6 is 34.7 Å². The molecule has 0 saturated carbocycles. The number of methoxy groups -OCH3 is 1. The van der Waals surface area contributed by atoms with Crippen molar-refractivity contribution in [2.24, 2.45) is 4.99 Å². The molecule has 4 rings (SSSR count). The summed E-state index contributed by atoms with van der Waals surface area (Å²) in [6.45, 7) is 4.18. The number of benzene rings is 1. The van der Waals surface area contributed by atoms with Gasteiger partial charge < -0.3 is 14.4 Å². The standard InChI is InChI=1S/C23H24ClN3O4S2/c1-3-20(22(29)26-7-9-31-10-8-26)33-23-25-18(12-15-6-11-32-14-15)21(28)27(23)16-4-5-19(30-2)17(24)13-16/h4-6,11-14,20H,3,7-10H2,1-2H3. The van der Waals surface area contributed by atoms with E-state index in [0.717, 1.165) is 5.56 Å². The summed E-state index contributed by atoms with van der Waals surface area (Å²) in [7, 11) is 1.54. The third-order valence-electron chi connectivity index (χ3n) is 5.29. The molecule has 0 aliphatic carbocycles. The van der Waals surface area contributed by atoms with E-state index in [1.165, 1.54) is 23.8 Å². The van der Waals surface area contributed by atoms with Crippen molar-refractivity contribution >= 4 is 63.4 Å². The maximum atomic E-state index is 13.4. The number of morpholine rings is 1. The molecule has 0 bridgehead atoms. The molecule has 1 fully saturated rings. The molecule has 2 amide bonds. The summed E-state index contributed by atoms with van der Waals surface area (Å²) in [5.41, 5.74) is 1.79. The van der Waals surface area contributed by atoms with Crippen molar-refractivity contribution in [1.29, 1.82) is 0 Å². The highest BCUT2D eigenvalue weighted by Crippen LogP contribution is 2.36. The van der Waals surface area contributed by atoms with Crippen LogP contribution in [0.5, 0.6) is 5.75 Å². The van der Waals surface area contributed by atoms with Gasteiger partial charge in [0, 0.05) is 13.1 Å². The summed E-state index contributed by atoms with van der Waals surface area (Å²) in [5.74, 6) is 0.281. The van der Waals surface area contributed by atoms with Crippen LogP contribution in [-0.4, -0.2) is 60.5 Å². The molecule has 7 nitrogen and oxygen atoms in total. The Balaban J connectivity index is 1.66. The van der Waals surface area contributed by atoms with Gasteiger partial charge in [0.2, 0.25) is 5.91 Å². The molecule has 0 radical (unpaired) electrons. The van der Waals surface area contributed by atoms with Crippen LogP contribution in [-0.2, 0) is 14.3 Å². The number of nitrogens with zero attached hydrogens (tertiary/aromatic N) is 3. The maximum Gasteiger partial charge on any atom is 0.283 e. The number of hydrogen-bond donors (Lipinski definition) is 0. The number of aliphatic imine (C=N–C) groups is 1. The van der Waals surface area contributed by atoms with Crippen molar-refractivity contribution in [1.82, 2.24) is 4.90 Å². The zero-order valence-electron chi connectivity index (χ0n) is 18.3. The second-order valence-electron chi connectivity index (χ2n) is 7.39. The minimum absolute atomic E-state index is 0.0314. The summed E-state index contributed by atoms with van der Waals surface area (Å²) in [4.78, 5) is 34.5. The van der Waals surface area contributed by atoms with Crippen LogP contribution in [0.3, 0.4) is 0 Å². The van der Waals surface area contributed by atoms with Crippen molar-refractivity contribution in [3.05, 3.63) is 51.3 Å². The fourth-order valence-electron chi connectivity index (χ4n) is 3.54. The van der Waals surface area contributed by atoms with Gasteiger partial charge in [0.05, 0.1) is 36.3 Å². The van der Waals surface area contributed by atoms with Crippen molar-refractivity contribution < 1.29 is 19.1 Å². The largest absolute Gasteiger partial charge is 0.495 e. The van der Waals surface area contributed by atoms with Gasteiger partial charge >= 0.3 is 0 Å². The first-order valence-electron chi connectivity index (χ1n) is 10.6. The third kappa shape index (κ3) is 5.27. The van der Waals surface area contributed by atoms with Crippen molar-refractivity contribution in [2.75, 3.05) is 38.3 Å². The Morgan fingerprint density at radius 3 is 2.79 bits per heavy atom. The van der Waals surface area contributed by atoms with Crippen LogP contribution < -0.4 is 9.64 Å². The van der Waals surface area contributed by atoms with E-state index in [1.807, 2.05) is 28.7 Å². The van der Waals surface area contributed by atoms with Crippen LogP contribution in [0.2, 0.25) is 5.02 Å². The number of amidine groups is 1. The predicted molar refractivity (Wildman–Crippen MR) is 134 cm³/mol. The predicted octanol–water partition coefficient (Wildman–Crippen LogP) is 4.52.